The number of halogens is 4. The van der Waals surface area contributed by atoms with E-state index in [1.54, 1.807) is 0 Å². The van der Waals surface area contributed by atoms with Gasteiger partial charge in [-0.2, -0.15) is 13.2 Å². The number of hydrogen-bond donors (Lipinski definition) is 1. The van der Waals surface area contributed by atoms with Crippen molar-refractivity contribution in [3.8, 4) is 0 Å². The van der Waals surface area contributed by atoms with Crippen molar-refractivity contribution < 1.29 is 13.2 Å². The summed E-state index contributed by atoms with van der Waals surface area (Å²) in [6, 6.07) is 0. The molecular formula is C9H17ClF3NS. The SMILES string of the molecule is CCC(CCCl)CNCCSC(F)(F)F. The van der Waals surface area contributed by atoms with Crippen LogP contribution in [0.25, 0.3) is 0 Å². The predicted octanol–water partition coefficient (Wildman–Crippen LogP) is 3.48. The first-order chi connectivity index (χ1) is 6.99. The number of thioether (sulfide) groups is 1. The van der Waals surface area contributed by atoms with E-state index in [0.29, 0.717) is 18.3 Å². The molecule has 0 rings (SSSR count). The Labute approximate surface area is 98.1 Å². The maximum Gasteiger partial charge on any atom is 0.441 e. The van der Waals surface area contributed by atoms with Gasteiger partial charge in [-0.05, 0) is 30.6 Å². The fourth-order valence-electron chi connectivity index (χ4n) is 1.15. The summed E-state index contributed by atoms with van der Waals surface area (Å²) in [6.45, 7) is 3.20. The van der Waals surface area contributed by atoms with Gasteiger partial charge in [0.2, 0.25) is 0 Å². The van der Waals surface area contributed by atoms with Crippen molar-refractivity contribution in [3.63, 3.8) is 0 Å². The average Bonchev–Trinajstić information content (AvgIpc) is 2.14. The summed E-state index contributed by atoms with van der Waals surface area (Å²) in [5.74, 6) is 1.15. The third-order valence-electron chi connectivity index (χ3n) is 2.07. The van der Waals surface area contributed by atoms with E-state index in [4.69, 9.17) is 11.6 Å². The maximum atomic E-state index is 11.7. The largest absolute Gasteiger partial charge is 0.441 e. The van der Waals surface area contributed by atoms with Gasteiger partial charge in [0.1, 0.15) is 0 Å². The standard InChI is InChI=1S/C9H17ClF3NS/c1-2-8(3-4-10)7-14-5-6-15-9(11,12)13/h8,14H,2-7H2,1H3. The van der Waals surface area contributed by atoms with Gasteiger partial charge in [0.15, 0.2) is 0 Å². The van der Waals surface area contributed by atoms with Crippen molar-refractivity contribution in [1.29, 1.82) is 0 Å². The summed E-state index contributed by atoms with van der Waals surface area (Å²) < 4.78 is 35.2. The molecule has 0 radical (unpaired) electrons. The van der Waals surface area contributed by atoms with Crippen LogP contribution in [0.4, 0.5) is 13.2 Å². The van der Waals surface area contributed by atoms with Crippen LogP contribution in [-0.2, 0) is 0 Å². The van der Waals surface area contributed by atoms with Crippen LogP contribution in [0.2, 0.25) is 0 Å². The fourth-order valence-corrected chi connectivity index (χ4v) is 1.94. The van der Waals surface area contributed by atoms with E-state index in [1.807, 2.05) is 0 Å². The topological polar surface area (TPSA) is 12.0 Å². The Morgan fingerprint density at radius 3 is 2.53 bits per heavy atom. The summed E-state index contributed by atoms with van der Waals surface area (Å²) in [5, 5.41) is 3.01. The first-order valence-corrected chi connectivity index (χ1v) is 6.49. The molecular weight excluding hydrogens is 247 g/mol. The van der Waals surface area contributed by atoms with Gasteiger partial charge in [-0.15, -0.1) is 11.6 Å². The molecule has 0 heterocycles. The first kappa shape index (κ1) is 15.4. The third-order valence-corrected chi connectivity index (χ3v) is 3.03. The average molecular weight is 264 g/mol. The number of nitrogens with one attached hydrogen (secondary N) is 1. The lowest BCUT2D eigenvalue weighted by Crippen LogP contribution is -2.25. The molecule has 0 spiro atoms. The van der Waals surface area contributed by atoms with Crippen molar-refractivity contribution in [2.45, 2.75) is 25.3 Å². The van der Waals surface area contributed by atoms with E-state index < -0.39 is 5.51 Å². The van der Waals surface area contributed by atoms with Crippen molar-refractivity contribution in [2.24, 2.45) is 5.92 Å². The molecule has 6 heteroatoms. The molecule has 1 atom stereocenters. The summed E-state index contributed by atoms with van der Waals surface area (Å²) >= 11 is 5.61. The summed E-state index contributed by atoms with van der Waals surface area (Å²) in [7, 11) is 0. The molecule has 0 aromatic carbocycles. The molecule has 92 valence electrons. The van der Waals surface area contributed by atoms with Crippen LogP contribution in [0.1, 0.15) is 19.8 Å². The normalized spacial score (nSPS) is 14.2. The lowest BCUT2D eigenvalue weighted by atomic mass is 10.0. The minimum Gasteiger partial charge on any atom is -0.316 e. The van der Waals surface area contributed by atoms with Gasteiger partial charge in [-0.3, -0.25) is 0 Å². The molecule has 0 aliphatic heterocycles. The Balaban J connectivity index is 3.36. The molecule has 0 amide bonds. The van der Waals surface area contributed by atoms with Gasteiger partial charge in [0, 0.05) is 18.2 Å². The molecule has 1 unspecified atom stereocenters. The Morgan fingerprint density at radius 2 is 2.07 bits per heavy atom. The zero-order valence-corrected chi connectivity index (χ0v) is 10.3. The van der Waals surface area contributed by atoms with E-state index in [-0.39, 0.29) is 17.5 Å². The minimum atomic E-state index is -4.11. The molecule has 0 aliphatic carbocycles. The molecule has 0 saturated carbocycles. The van der Waals surface area contributed by atoms with Crippen molar-refractivity contribution in [3.05, 3.63) is 0 Å². The number of hydrogen-bond acceptors (Lipinski definition) is 2. The van der Waals surface area contributed by atoms with Gasteiger partial charge >= 0.3 is 5.51 Å². The lowest BCUT2D eigenvalue weighted by Gasteiger charge is -2.14. The second-order valence-corrected chi connectivity index (χ2v) is 4.79. The molecule has 0 bridgehead atoms. The first-order valence-electron chi connectivity index (χ1n) is 4.97. The van der Waals surface area contributed by atoms with Crippen molar-refractivity contribution in [1.82, 2.24) is 5.32 Å². The highest BCUT2D eigenvalue weighted by Gasteiger charge is 2.27. The highest BCUT2D eigenvalue weighted by molar-refractivity contribution is 8.00. The molecule has 0 saturated heterocycles. The molecule has 0 aromatic heterocycles. The molecule has 1 nitrogen and oxygen atoms in total. The lowest BCUT2D eigenvalue weighted by molar-refractivity contribution is -0.0327. The summed E-state index contributed by atoms with van der Waals surface area (Å²) in [5.41, 5.74) is -4.11. The zero-order valence-electron chi connectivity index (χ0n) is 8.74. The molecule has 1 N–H and O–H groups in total. The van der Waals surface area contributed by atoms with Gasteiger partial charge in [0.25, 0.3) is 0 Å². The Morgan fingerprint density at radius 1 is 1.40 bits per heavy atom. The summed E-state index contributed by atoms with van der Waals surface area (Å²) in [6.07, 6.45) is 1.92. The van der Waals surface area contributed by atoms with Crippen LogP contribution >= 0.6 is 23.4 Å². The Hall–Kier alpha value is 0.390. The van der Waals surface area contributed by atoms with Crippen molar-refractivity contribution in [2.75, 3.05) is 24.7 Å². The van der Waals surface area contributed by atoms with Crippen LogP contribution in [0, 0.1) is 5.92 Å². The Bertz CT molecular complexity index is 155. The molecule has 0 fully saturated rings. The molecule has 0 aliphatic rings. The van der Waals surface area contributed by atoms with Crippen molar-refractivity contribution >= 4 is 23.4 Å². The van der Waals surface area contributed by atoms with E-state index in [1.165, 1.54) is 0 Å². The van der Waals surface area contributed by atoms with Crippen LogP contribution in [0.3, 0.4) is 0 Å². The van der Waals surface area contributed by atoms with Gasteiger partial charge in [-0.25, -0.2) is 0 Å². The zero-order chi connectivity index (χ0) is 11.7. The summed E-state index contributed by atoms with van der Waals surface area (Å²) in [4.78, 5) is 0. The van der Waals surface area contributed by atoms with Gasteiger partial charge < -0.3 is 5.32 Å². The van der Waals surface area contributed by atoms with E-state index in [0.717, 1.165) is 19.4 Å². The van der Waals surface area contributed by atoms with E-state index in [2.05, 4.69) is 12.2 Å². The number of alkyl halides is 4. The fraction of sp³-hybridized carbons (Fsp3) is 1.00. The Kier molecular flexibility index (Phi) is 8.75. The highest BCUT2D eigenvalue weighted by atomic mass is 35.5. The third kappa shape index (κ3) is 10.7. The maximum absolute atomic E-state index is 11.7. The van der Waals surface area contributed by atoms with Crippen LogP contribution in [0.15, 0.2) is 0 Å². The smallest absolute Gasteiger partial charge is 0.316 e. The molecule has 15 heavy (non-hydrogen) atoms. The van der Waals surface area contributed by atoms with E-state index in [9.17, 15) is 13.2 Å². The van der Waals surface area contributed by atoms with Crippen LogP contribution < -0.4 is 5.32 Å². The number of rotatable bonds is 8. The second kappa shape index (κ2) is 8.53. The van der Waals surface area contributed by atoms with Crippen LogP contribution in [-0.4, -0.2) is 30.2 Å². The predicted molar refractivity (Wildman–Crippen MR) is 60.5 cm³/mol. The highest BCUT2D eigenvalue weighted by Crippen LogP contribution is 2.29. The molecule has 0 aromatic rings. The van der Waals surface area contributed by atoms with E-state index >= 15 is 0 Å². The van der Waals surface area contributed by atoms with Gasteiger partial charge in [-0.1, -0.05) is 13.3 Å². The minimum absolute atomic E-state index is 0.0176. The monoisotopic (exact) mass is 263 g/mol. The second-order valence-electron chi connectivity index (χ2n) is 3.25. The van der Waals surface area contributed by atoms with Gasteiger partial charge in [0.05, 0.1) is 0 Å². The van der Waals surface area contributed by atoms with Crippen LogP contribution in [0.5, 0.6) is 0 Å². The quantitative estimate of drug-likeness (QED) is 0.532.